The van der Waals surface area contributed by atoms with Crippen LogP contribution in [-0.4, -0.2) is 156 Å². The molecule has 43 heteroatoms. The van der Waals surface area contributed by atoms with E-state index in [1.54, 1.807) is 0 Å². The number of nitrogens with one attached hydrogen (secondary N) is 2. The largest absolute Gasteiger partial charge is 0.780 e. The Morgan fingerprint density at radius 3 is 1.97 bits per heavy atom. The topological polar surface area (TPSA) is 556 Å². The van der Waals surface area contributed by atoms with Crippen LogP contribution in [0.3, 0.4) is 0 Å². The highest BCUT2D eigenvalue weighted by Gasteiger charge is 2.51. The molecule has 0 amide bonds. The molecular weight excluding hydrogens is 1120 g/mol. The molecule has 16 atom stereocenters. The van der Waals surface area contributed by atoms with Gasteiger partial charge in [-0.25, -0.2) is 33.1 Å². The maximum absolute atomic E-state index is 13.9. The smallest absolute Gasteiger partial charge is 0.313 e. The van der Waals surface area contributed by atoms with Crippen LogP contribution in [0.2, 0.25) is 0 Å². The first kappa shape index (κ1) is 55.0. The number of hydrogen-bond donors (Lipinski definition) is 9. The van der Waals surface area contributed by atoms with Gasteiger partial charge in [0.2, 0.25) is 17.7 Å². The van der Waals surface area contributed by atoms with Gasteiger partial charge >= 0.3 is 5.65 Å². The van der Waals surface area contributed by atoms with E-state index in [4.69, 9.17) is 61.5 Å². The third-order valence-electron chi connectivity index (χ3n) is 11.5. The first-order chi connectivity index (χ1) is 35.2. The van der Waals surface area contributed by atoms with Crippen molar-refractivity contribution in [2.75, 3.05) is 44.1 Å². The number of aliphatic hydroxyl groups excluding tert-OH is 4. The third kappa shape index (κ3) is 11.1. The molecule has 0 saturated carbocycles. The van der Waals surface area contributed by atoms with Crippen LogP contribution in [0.15, 0.2) is 34.9 Å². The number of ether oxygens (including phenoxy) is 4. The molecule has 16 unspecified atom stereocenters. The zero-order valence-corrected chi connectivity index (χ0v) is 42.2. The molecule has 6 aromatic rings. The second-order valence-electron chi connectivity index (χ2n) is 16.4. The number of aliphatic hydroxyl groups is 4. The average Bonchev–Trinajstić information content (AvgIpc) is 4.17. The Balaban J connectivity index is 0.862. The SMILES string of the molecule is COC1C(OP([O-])(=S)OCC2OC(n3cnc4c(=O)[nH]c(N)nc43)C(O)C2O)C(COP(=O)([O-])OP(=O)([O-])OP(=O)([O-])OCC2OC([n+]3cn(C)c4c(=O)[nH]c(N)nc43)C(O)C2O)OC1n1cnc2c(N)ncnc21. The van der Waals surface area contributed by atoms with E-state index in [0.29, 0.717) is 0 Å². The fourth-order valence-corrected chi connectivity index (χ4v) is 13.1. The van der Waals surface area contributed by atoms with Crippen LogP contribution in [0.1, 0.15) is 18.7 Å². The van der Waals surface area contributed by atoms with Gasteiger partial charge in [-0.3, -0.25) is 47.0 Å². The predicted octanol–water partition coefficient (Wildman–Crippen LogP) is -7.12. The number of phosphoric ester groups is 2. The number of fused-ring (bicyclic) bond motifs is 3. The summed E-state index contributed by atoms with van der Waals surface area (Å²) in [5.74, 6) is -0.714. The van der Waals surface area contributed by atoms with Gasteiger partial charge in [0.25, 0.3) is 40.5 Å². The van der Waals surface area contributed by atoms with E-state index >= 15 is 0 Å². The van der Waals surface area contributed by atoms with Gasteiger partial charge in [0.1, 0.15) is 73.5 Å². The van der Waals surface area contributed by atoms with Gasteiger partial charge in [-0.1, -0.05) is 16.8 Å². The minimum atomic E-state index is -6.56. The first-order valence-electron chi connectivity index (χ1n) is 21.1. The highest BCUT2D eigenvalue weighted by atomic mass is 32.5. The van der Waals surface area contributed by atoms with Crippen molar-refractivity contribution in [2.45, 2.75) is 73.6 Å². The number of aromatic nitrogens is 12. The van der Waals surface area contributed by atoms with Crippen molar-refractivity contribution in [3.63, 3.8) is 0 Å². The molecule has 3 aliphatic heterocycles. The minimum Gasteiger partial charge on any atom is -0.780 e. The summed E-state index contributed by atoms with van der Waals surface area (Å²) in [7, 11) is -16.5. The van der Waals surface area contributed by atoms with Crippen molar-refractivity contribution < 1.29 is 104 Å². The van der Waals surface area contributed by atoms with Crippen molar-refractivity contribution in [3.05, 3.63) is 46.0 Å². The van der Waals surface area contributed by atoms with E-state index in [-0.39, 0.29) is 51.2 Å². The maximum atomic E-state index is 13.9. The van der Waals surface area contributed by atoms with Gasteiger partial charge in [0, 0.05) is 7.11 Å². The number of nitrogens with zero attached hydrogens (tertiary/aromatic N) is 10. The molecule has 0 bridgehead atoms. The standard InChI is InChI=1S/C32H43N15O23P4S/c1-44-9-47(25-15(44)27(53)43-32(35)41-25)29-19(51)16(48)10(66-29)3-62-71(54,55)69-73(58,59)70-72(56,57)63-5-12-20(21(61-2)30(67-12)45-7-38-13-22(33)36-6-37-23(13)45)68-74(60,75)64-4-11-17(49)18(50)28(65-11)46-8-39-14-24(46)40-31(34)42-26(14)52/h6-12,16-21,28-30,48-51H,3-5H2,1-2H3,(H11-,33,34,35,36,37,40,41,42,43,52,53,54,55,56,57,58,59,60,75)/p-3. The Bertz CT molecular complexity index is 3470. The van der Waals surface area contributed by atoms with E-state index < -0.39 is 135 Å². The number of nitrogens with two attached hydrogens (primary N) is 3. The number of nitrogen functional groups attached to an aromatic ring is 3. The molecule has 9 rings (SSSR count). The van der Waals surface area contributed by atoms with E-state index in [2.05, 4.69) is 53.0 Å². The Morgan fingerprint density at radius 1 is 0.720 bits per heavy atom. The number of H-pyrrole nitrogens is 2. The summed E-state index contributed by atoms with van der Waals surface area (Å²) in [5, 5.41) is 43.2. The van der Waals surface area contributed by atoms with Crippen LogP contribution in [-0.2, 0) is 78.2 Å². The highest BCUT2D eigenvalue weighted by Crippen LogP contribution is 2.63. The van der Waals surface area contributed by atoms with Crippen LogP contribution >= 0.6 is 30.2 Å². The molecule has 12 N–H and O–H groups in total. The number of aryl methyl sites for hydroxylation is 1. The maximum Gasteiger partial charge on any atom is 0.313 e. The van der Waals surface area contributed by atoms with E-state index in [1.165, 1.54) is 22.5 Å². The third-order valence-corrected chi connectivity index (χ3v) is 17.2. The van der Waals surface area contributed by atoms with Crippen molar-refractivity contribution in [2.24, 2.45) is 7.05 Å². The van der Waals surface area contributed by atoms with Gasteiger partial charge in [-0.15, -0.1) is 0 Å². The fourth-order valence-electron chi connectivity index (χ4n) is 8.26. The van der Waals surface area contributed by atoms with Crippen molar-refractivity contribution in [1.82, 2.24) is 53.6 Å². The molecule has 3 saturated heterocycles. The van der Waals surface area contributed by atoms with Crippen molar-refractivity contribution in [3.8, 4) is 0 Å². The summed E-state index contributed by atoms with van der Waals surface area (Å²) in [6, 6.07) is 0. The van der Waals surface area contributed by atoms with E-state index in [9.17, 15) is 63.3 Å². The Morgan fingerprint density at radius 2 is 1.29 bits per heavy atom. The van der Waals surface area contributed by atoms with Crippen LogP contribution in [0.25, 0.3) is 33.5 Å². The minimum absolute atomic E-state index is 0.0160. The molecule has 75 heavy (non-hydrogen) atoms. The van der Waals surface area contributed by atoms with Gasteiger partial charge in [-0.05, 0) is 0 Å². The Labute approximate surface area is 420 Å². The molecule has 0 spiro atoms. The number of anilines is 3. The normalized spacial score (nSPS) is 30.5. The number of phosphoric acid groups is 3. The number of hydrogen-bond acceptors (Lipinski definition) is 33. The van der Waals surface area contributed by atoms with Gasteiger partial charge in [0.05, 0.1) is 39.5 Å². The van der Waals surface area contributed by atoms with Crippen LogP contribution in [0.4, 0.5) is 17.7 Å². The molecule has 0 aliphatic carbocycles. The van der Waals surface area contributed by atoms with Crippen LogP contribution < -0.4 is 52.5 Å². The van der Waals surface area contributed by atoms with Crippen LogP contribution in [0.5, 0.6) is 0 Å². The second-order valence-corrected chi connectivity index (χ2v) is 23.6. The summed E-state index contributed by atoms with van der Waals surface area (Å²) in [4.78, 5) is 106. The highest BCUT2D eigenvalue weighted by molar-refractivity contribution is 8.06. The van der Waals surface area contributed by atoms with Gasteiger partial charge in [-0.2, -0.15) is 4.98 Å². The molecule has 3 fully saturated rings. The van der Waals surface area contributed by atoms with Crippen molar-refractivity contribution in [1.29, 1.82) is 0 Å². The quantitative estimate of drug-likeness (QED) is 0.0269. The van der Waals surface area contributed by atoms with E-state index in [1.807, 2.05) is 0 Å². The molecule has 0 radical (unpaired) electrons. The lowest BCUT2D eigenvalue weighted by molar-refractivity contribution is -0.745. The molecule has 9 heterocycles. The summed E-state index contributed by atoms with van der Waals surface area (Å²) < 4.78 is 94.3. The van der Waals surface area contributed by atoms with Gasteiger partial charge < -0.3 is 94.2 Å². The Kier molecular flexibility index (Phi) is 15.1. The van der Waals surface area contributed by atoms with E-state index in [0.717, 1.165) is 35.2 Å². The lowest BCUT2D eigenvalue weighted by Gasteiger charge is -2.36. The van der Waals surface area contributed by atoms with Crippen molar-refractivity contribution >= 4 is 93.2 Å². The zero-order chi connectivity index (χ0) is 54.3. The zero-order valence-electron chi connectivity index (χ0n) is 37.8. The molecule has 6 aromatic heterocycles. The fraction of sp³-hybridized carbons (Fsp3) is 0.531. The predicted molar refractivity (Wildman–Crippen MR) is 237 cm³/mol. The molecule has 410 valence electrons. The molecule has 3 aliphatic rings. The number of aromatic amines is 2. The summed E-state index contributed by atoms with van der Waals surface area (Å²) in [6.07, 6.45) is -15.6. The lowest BCUT2D eigenvalue weighted by Crippen LogP contribution is -2.46. The number of rotatable bonds is 19. The number of methoxy groups -OCH3 is 1. The summed E-state index contributed by atoms with van der Waals surface area (Å²) in [5.41, 5.74) is 15.4. The molecular formula is C32H40N15O23P4S-3. The Hall–Kier alpha value is -4.73. The monoisotopic (exact) mass is 1160 g/mol. The summed E-state index contributed by atoms with van der Waals surface area (Å²) in [6.45, 7) is -8.31. The number of imidazole rings is 3. The van der Waals surface area contributed by atoms with Gasteiger partial charge in [0.15, 0.2) is 41.4 Å². The summed E-state index contributed by atoms with van der Waals surface area (Å²) >= 11 is 5.14. The average molecular weight is 1160 g/mol. The molecule has 38 nitrogen and oxygen atoms in total. The molecule has 0 aromatic carbocycles. The lowest BCUT2D eigenvalue weighted by atomic mass is 10.1. The second kappa shape index (κ2) is 20.6. The van der Waals surface area contributed by atoms with Crippen LogP contribution in [0, 0.1) is 0 Å². The first-order valence-corrected chi connectivity index (χ1v) is 28.0.